The molecule has 0 bridgehead atoms. The van der Waals surface area contributed by atoms with Crippen LogP contribution in [0.1, 0.15) is 23.3 Å². The molecule has 0 radical (unpaired) electrons. The van der Waals surface area contributed by atoms with Crippen LogP contribution in [0.4, 0.5) is 4.79 Å². The van der Waals surface area contributed by atoms with E-state index in [1.54, 1.807) is 28.6 Å². The van der Waals surface area contributed by atoms with Gasteiger partial charge in [0.25, 0.3) is 0 Å². The zero-order valence-electron chi connectivity index (χ0n) is 13.3. The quantitative estimate of drug-likeness (QED) is 0.843. The highest BCUT2D eigenvalue weighted by atomic mass is 32.1. The molecule has 0 saturated carbocycles. The number of hydrogen-bond acceptors (Lipinski definition) is 4. The molecule has 24 heavy (non-hydrogen) atoms. The van der Waals surface area contributed by atoms with E-state index in [1.165, 1.54) is 0 Å². The Bertz CT molecular complexity index is 675. The fraction of sp³-hybridized carbons (Fsp3) is 0.353. The second-order valence-corrected chi connectivity index (χ2v) is 6.81. The van der Waals surface area contributed by atoms with E-state index in [2.05, 4.69) is 15.6 Å². The average Bonchev–Trinajstić information content (AvgIpc) is 3.25. The van der Waals surface area contributed by atoms with Gasteiger partial charge in [-0.2, -0.15) is 0 Å². The van der Waals surface area contributed by atoms with Crippen LogP contribution in [0.25, 0.3) is 0 Å². The SMILES string of the molecule is O=C1CC[C@@H](CN(Cc2ccncc2)C(=O)NCc2cccs2)N1. The number of nitrogens with one attached hydrogen (secondary N) is 2. The summed E-state index contributed by atoms with van der Waals surface area (Å²) in [5, 5.41) is 7.87. The van der Waals surface area contributed by atoms with Crippen molar-refractivity contribution in [2.75, 3.05) is 6.54 Å². The van der Waals surface area contributed by atoms with E-state index in [0.717, 1.165) is 16.9 Å². The highest BCUT2D eigenvalue weighted by Gasteiger charge is 2.25. The fourth-order valence-corrected chi connectivity index (χ4v) is 3.34. The Morgan fingerprint density at radius 3 is 2.88 bits per heavy atom. The van der Waals surface area contributed by atoms with Crippen LogP contribution >= 0.6 is 11.3 Å². The first-order valence-electron chi connectivity index (χ1n) is 7.94. The van der Waals surface area contributed by atoms with Gasteiger partial charge in [0.05, 0.1) is 6.54 Å². The number of carbonyl (C=O) groups excluding carboxylic acids is 2. The van der Waals surface area contributed by atoms with E-state index >= 15 is 0 Å². The Kier molecular flexibility index (Phi) is 5.43. The molecule has 0 aliphatic carbocycles. The third kappa shape index (κ3) is 4.55. The van der Waals surface area contributed by atoms with Crippen molar-refractivity contribution in [1.29, 1.82) is 0 Å². The van der Waals surface area contributed by atoms with Crippen molar-refractivity contribution in [2.24, 2.45) is 0 Å². The second kappa shape index (κ2) is 7.92. The molecule has 126 valence electrons. The Morgan fingerprint density at radius 2 is 2.21 bits per heavy atom. The van der Waals surface area contributed by atoms with Gasteiger partial charge >= 0.3 is 6.03 Å². The van der Waals surface area contributed by atoms with E-state index in [-0.39, 0.29) is 18.0 Å². The van der Waals surface area contributed by atoms with Crippen molar-refractivity contribution < 1.29 is 9.59 Å². The zero-order chi connectivity index (χ0) is 16.8. The van der Waals surface area contributed by atoms with Crippen molar-refractivity contribution in [1.82, 2.24) is 20.5 Å². The number of amides is 3. The van der Waals surface area contributed by atoms with Crippen LogP contribution < -0.4 is 10.6 Å². The summed E-state index contributed by atoms with van der Waals surface area (Å²) >= 11 is 1.62. The second-order valence-electron chi connectivity index (χ2n) is 5.78. The summed E-state index contributed by atoms with van der Waals surface area (Å²) in [5.41, 5.74) is 1.01. The minimum Gasteiger partial charge on any atom is -0.352 e. The van der Waals surface area contributed by atoms with Crippen LogP contribution in [0.2, 0.25) is 0 Å². The lowest BCUT2D eigenvalue weighted by Crippen LogP contribution is -2.45. The van der Waals surface area contributed by atoms with Crippen molar-refractivity contribution in [3.8, 4) is 0 Å². The summed E-state index contributed by atoms with van der Waals surface area (Å²) in [4.78, 5) is 30.9. The number of aromatic nitrogens is 1. The van der Waals surface area contributed by atoms with Gasteiger partial charge < -0.3 is 15.5 Å². The maximum absolute atomic E-state index is 12.6. The third-order valence-electron chi connectivity index (χ3n) is 3.93. The number of carbonyl (C=O) groups is 2. The first-order valence-corrected chi connectivity index (χ1v) is 8.82. The smallest absolute Gasteiger partial charge is 0.318 e. The molecule has 3 heterocycles. The normalized spacial score (nSPS) is 16.7. The predicted octanol–water partition coefficient (Wildman–Crippen LogP) is 2.13. The van der Waals surface area contributed by atoms with Gasteiger partial charge in [-0.1, -0.05) is 6.07 Å². The summed E-state index contributed by atoms with van der Waals surface area (Å²) in [6, 6.07) is 7.65. The molecule has 0 aromatic carbocycles. The molecule has 1 fully saturated rings. The van der Waals surface area contributed by atoms with Gasteiger partial charge in [0.1, 0.15) is 0 Å². The molecule has 1 saturated heterocycles. The zero-order valence-corrected chi connectivity index (χ0v) is 14.1. The first-order chi connectivity index (χ1) is 11.7. The summed E-state index contributed by atoms with van der Waals surface area (Å²) in [6.45, 7) is 1.51. The largest absolute Gasteiger partial charge is 0.352 e. The molecule has 1 aliphatic rings. The minimum atomic E-state index is -0.124. The van der Waals surface area contributed by atoms with E-state index in [4.69, 9.17) is 0 Å². The van der Waals surface area contributed by atoms with Gasteiger partial charge in [0.15, 0.2) is 0 Å². The average molecular weight is 344 g/mol. The van der Waals surface area contributed by atoms with Crippen LogP contribution in [0.3, 0.4) is 0 Å². The number of hydrogen-bond donors (Lipinski definition) is 2. The van der Waals surface area contributed by atoms with E-state index in [1.807, 2.05) is 29.6 Å². The molecule has 2 aromatic heterocycles. The van der Waals surface area contributed by atoms with Crippen LogP contribution in [0.15, 0.2) is 42.0 Å². The van der Waals surface area contributed by atoms with Crippen LogP contribution in [0.5, 0.6) is 0 Å². The van der Waals surface area contributed by atoms with Crippen LogP contribution in [-0.4, -0.2) is 34.4 Å². The van der Waals surface area contributed by atoms with Crippen molar-refractivity contribution >= 4 is 23.3 Å². The standard InChI is InChI=1S/C17H20N4O2S/c22-16-4-3-14(20-16)12-21(11-13-5-7-18-8-6-13)17(23)19-10-15-2-1-9-24-15/h1-2,5-9,14H,3-4,10-12H2,(H,19,23)(H,20,22)/t14-/m0/s1. The summed E-state index contributed by atoms with van der Waals surface area (Å²) < 4.78 is 0. The minimum absolute atomic E-state index is 0.0202. The van der Waals surface area contributed by atoms with Gasteiger partial charge in [-0.15, -0.1) is 11.3 Å². The van der Waals surface area contributed by atoms with Gasteiger partial charge in [0, 0.05) is 42.8 Å². The summed E-state index contributed by atoms with van der Waals surface area (Å²) in [6.07, 6.45) is 4.73. The van der Waals surface area contributed by atoms with Crippen LogP contribution in [0, 0.1) is 0 Å². The molecule has 3 amide bonds. The number of thiophene rings is 1. The highest BCUT2D eigenvalue weighted by Crippen LogP contribution is 2.12. The Hall–Kier alpha value is -2.41. The molecular formula is C17H20N4O2S. The molecule has 3 rings (SSSR count). The Balaban J connectivity index is 1.63. The van der Waals surface area contributed by atoms with Gasteiger partial charge in [-0.25, -0.2) is 4.79 Å². The monoisotopic (exact) mass is 344 g/mol. The summed E-state index contributed by atoms with van der Waals surface area (Å²) in [7, 11) is 0. The molecule has 2 aromatic rings. The molecule has 0 unspecified atom stereocenters. The molecular weight excluding hydrogens is 324 g/mol. The van der Waals surface area contributed by atoms with E-state index in [0.29, 0.717) is 26.1 Å². The maximum atomic E-state index is 12.6. The molecule has 6 nitrogen and oxygen atoms in total. The Labute approximate surface area is 144 Å². The molecule has 7 heteroatoms. The van der Waals surface area contributed by atoms with E-state index < -0.39 is 0 Å². The Morgan fingerprint density at radius 1 is 1.38 bits per heavy atom. The lowest BCUT2D eigenvalue weighted by atomic mass is 10.2. The third-order valence-corrected chi connectivity index (χ3v) is 4.81. The highest BCUT2D eigenvalue weighted by molar-refractivity contribution is 7.09. The topological polar surface area (TPSA) is 74.3 Å². The molecule has 0 spiro atoms. The number of rotatable bonds is 6. The van der Waals surface area contributed by atoms with Crippen molar-refractivity contribution in [3.05, 3.63) is 52.5 Å². The fourth-order valence-electron chi connectivity index (χ4n) is 2.70. The van der Waals surface area contributed by atoms with Crippen molar-refractivity contribution in [2.45, 2.75) is 32.0 Å². The number of nitrogens with zero attached hydrogens (tertiary/aromatic N) is 2. The summed E-state index contributed by atoms with van der Waals surface area (Å²) in [5.74, 6) is 0.0582. The van der Waals surface area contributed by atoms with Crippen LogP contribution in [-0.2, 0) is 17.9 Å². The lowest BCUT2D eigenvalue weighted by Gasteiger charge is -2.26. The first kappa shape index (κ1) is 16.4. The van der Waals surface area contributed by atoms with E-state index in [9.17, 15) is 9.59 Å². The van der Waals surface area contributed by atoms with Gasteiger partial charge in [-0.05, 0) is 35.6 Å². The molecule has 2 N–H and O–H groups in total. The molecule has 1 atom stereocenters. The van der Waals surface area contributed by atoms with Crippen molar-refractivity contribution in [3.63, 3.8) is 0 Å². The maximum Gasteiger partial charge on any atom is 0.318 e. The number of pyridine rings is 1. The number of urea groups is 1. The lowest BCUT2D eigenvalue weighted by molar-refractivity contribution is -0.119. The molecule has 1 aliphatic heterocycles. The van der Waals surface area contributed by atoms with Gasteiger partial charge in [0.2, 0.25) is 5.91 Å². The predicted molar refractivity (Wildman–Crippen MR) is 92.4 cm³/mol. The van der Waals surface area contributed by atoms with Gasteiger partial charge in [-0.3, -0.25) is 9.78 Å².